The van der Waals surface area contributed by atoms with Crippen molar-refractivity contribution in [2.24, 2.45) is 0 Å². The van der Waals surface area contributed by atoms with Crippen molar-refractivity contribution in [2.75, 3.05) is 0 Å². The van der Waals surface area contributed by atoms with Gasteiger partial charge in [-0.05, 0) is 16.7 Å². The summed E-state index contributed by atoms with van der Waals surface area (Å²) < 4.78 is 0. The number of benzene rings is 2. The molecule has 0 fully saturated rings. The molecule has 0 N–H and O–H groups in total. The second-order valence-electron chi connectivity index (χ2n) is 3.34. The largest absolute Gasteiger partial charge is 0.291 e. The average molecular weight is 195 g/mol. The van der Waals surface area contributed by atoms with Gasteiger partial charge in [-0.15, -0.1) is 0 Å². The van der Waals surface area contributed by atoms with Crippen molar-refractivity contribution in [3.8, 4) is 11.1 Å². The predicted molar refractivity (Wildman–Crippen MR) is 61.3 cm³/mol. The maximum atomic E-state index is 10.4. The molecular formula is C14H11O. The molecule has 15 heavy (non-hydrogen) atoms. The van der Waals surface area contributed by atoms with Gasteiger partial charge in [0.05, 0.1) is 0 Å². The van der Waals surface area contributed by atoms with E-state index in [0.717, 1.165) is 16.7 Å². The van der Waals surface area contributed by atoms with Crippen molar-refractivity contribution < 1.29 is 4.79 Å². The fourth-order valence-corrected chi connectivity index (χ4v) is 1.65. The first-order valence-corrected chi connectivity index (χ1v) is 4.90. The van der Waals surface area contributed by atoms with Gasteiger partial charge in [0.15, 0.2) is 0 Å². The number of hydrogen-bond donors (Lipinski definition) is 0. The highest BCUT2D eigenvalue weighted by Gasteiger charge is 2.02. The highest BCUT2D eigenvalue weighted by atomic mass is 16.1. The minimum atomic E-state index is 0.352. The van der Waals surface area contributed by atoms with E-state index in [1.165, 1.54) is 0 Å². The lowest BCUT2D eigenvalue weighted by molar-refractivity contribution is 0.555. The van der Waals surface area contributed by atoms with Gasteiger partial charge in [0, 0.05) is 6.42 Å². The second-order valence-corrected chi connectivity index (χ2v) is 3.34. The molecule has 2 aromatic carbocycles. The summed E-state index contributed by atoms with van der Waals surface area (Å²) in [6, 6.07) is 18.0. The molecule has 0 aliphatic carbocycles. The summed E-state index contributed by atoms with van der Waals surface area (Å²) in [4.78, 5) is 10.4. The number of carbonyl (C=O) groups excluding carboxylic acids is 1. The van der Waals surface area contributed by atoms with E-state index >= 15 is 0 Å². The Morgan fingerprint density at radius 3 is 2.27 bits per heavy atom. The molecule has 1 nitrogen and oxygen atoms in total. The third-order valence-electron chi connectivity index (χ3n) is 2.36. The maximum absolute atomic E-state index is 10.4. The van der Waals surface area contributed by atoms with Gasteiger partial charge in [-0.2, -0.15) is 0 Å². The van der Waals surface area contributed by atoms with Crippen molar-refractivity contribution in [3.05, 3.63) is 60.2 Å². The Morgan fingerprint density at radius 1 is 0.867 bits per heavy atom. The summed E-state index contributed by atoms with van der Waals surface area (Å²) >= 11 is 0. The molecule has 2 aromatic rings. The fourth-order valence-electron chi connectivity index (χ4n) is 1.65. The van der Waals surface area contributed by atoms with Crippen LogP contribution in [0.2, 0.25) is 0 Å². The first-order chi connectivity index (χ1) is 7.42. The van der Waals surface area contributed by atoms with Crippen molar-refractivity contribution >= 4 is 6.29 Å². The van der Waals surface area contributed by atoms with Gasteiger partial charge < -0.3 is 0 Å². The van der Waals surface area contributed by atoms with Crippen LogP contribution < -0.4 is 0 Å². The summed E-state index contributed by atoms with van der Waals surface area (Å²) in [6.07, 6.45) is 2.30. The Labute approximate surface area is 89.4 Å². The molecule has 2 rings (SSSR count). The van der Waals surface area contributed by atoms with Crippen LogP contribution in [-0.2, 0) is 11.2 Å². The SMILES string of the molecule is O=[C]Cc1ccccc1-c1ccccc1. The molecule has 0 aliphatic rings. The van der Waals surface area contributed by atoms with Gasteiger partial charge in [-0.3, -0.25) is 4.79 Å². The molecule has 73 valence electrons. The van der Waals surface area contributed by atoms with E-state index < -0.39 is 0 Å². The van der Waals surface area contributed by atoms with Crippen LogP contribution in [0.4, 0.5) is 0 Å². The van der Waals surface area contributed by atoms with E-state index in [1.54, 1.807) is 0 Å². The van der Waals surface area contributed by atoms with Crippen LogP contribution in [0.25, 0.3) is 11.1 Å². The molecule has 0 saturated heterocycles. The normalized spacial score (nSPS) is 9.87. The Balaban J connectivity index is 2.48. The van der Waals surface area contributed by atoms with Crippen molar-refractivity contribution in [3.63, 3.8) is 0 Å². The zero-order chi connectivity index (χ0) is 10.5. The Bertz CT molecular complexity index is 446. The summed E-state index contributed by atoms with van der Waals surface area (Å²) in [5.41, 5.74) is 3.28. The molecule has 0 heterocycles. The lowest BCUT2D eigenvalue weighted by atomic mass is 9.98. The van der Waals surface area contributed by atoms with E-state index in [2.05, 4.69) is 0 Å². The zero-order valence-corrected chi connectivity index (χ0v) is 8.31. The van der Waals surface area contributed by atoms with Crippen LogP contribution in [0.3, 0.4) is 0 Å². The van der Waals surface area contributed by atoms with E-state index in [9.17, 15) is 4.79 Å². The molecule has 0 aromatic heterocycles. The van der Waals surface area contributed by atoms with Crippen molar-refractivity contribution in [2.45, 2.75) is 6.42 Å². The predicted octanol–water partition coefficient (Wildman–Crippen LogP) is 3.01. The molecule has 0 amide bonds. The van der Waals surface area contributed by atoms with E-state index in [1.807, 2.05) is 60.9 Å². The molecule has 0 spiro atoms. The molecule has 0 saturated carbocycles. The third kappa shape index (κ3) is 2.13. The Hall–Kier alpha value is -1.89. The first-order valence-electron chi connectivity index (χ1n) is 4.90. The molecular weight excluding hydrogens is 184 g/mol. The lowest BCUT2D eigenvalue weighted by Crippen LogP contribution is -1.90. The van der Waals surface area contributed by atoms with Crippen LogP contribution in [-0.4, -0.2) is 6.29 Å². The number of rotatable bonds is 3. The number of hydrogen-bond acceptors (Lipinski definition) is 1. The molecule has 0 atom stereocenters. The quantitative estimate of drug-likeness (QED) is 0.735. The highest BCUT2D eigenvalue weighted by molar-refractivity contribution is 5.71. The van der Waals surface area contributed by atoms with Gasteiger partial charge in [0.2, 0.25) is 6.29 Å². The van der Waals surface area contributed by atoms with Gasteiger partial charge in [0.1, 0.15) is 0 Å². The smallest absolute Gasteiger partial charge is 0.203 e. The van der Waals surface area contributed by atoms with E-state index in [4.69, 9.17) is 0 Å². The van der Waals surface area contributed by atoms with Crippen LogP contribution >= 0.6 is 0 Å². The highest BCUT2D eigenvalue weighted by Crippen LogP contribution is 2.23. The molecule has 0 aliphatic heterocycles. The molecule has 1 radical (unpaired) electrons. The monoisotopic (exact) mass is 195 g/mol. The fraction of sp³-hybridized carbons (Fsp3) is 0.0714. The standard InChI is InChI=1S/C14H11O/c15-11-10-13-8-4-5-9-14(13)12-6-2-1-3-7-12/h1-9H,10H2. The maximum Gasteiger partial charge on any atom is 0.203 e. The topological polar surface area (TPSA) is 17.1 Å². The first kappa shape index (κ1) is 9.66. The minimum absolute atomic E-state index is 0.352. The average Bonchev–Trinajstić information content (AvgIpc) is 2.31. The lowest BCUT2D eigenvalue weighted by Gasteiger charge is -2.06. The second kappa shape index (κ2) is 4.56. The van der Waals surface area contributed by atoms with Crippen molar-refractivity contribution in [1.82, 2.24) is 0 Å². The van der Waals surface area contributed by atoms with Crippen LogP contribution in [0.15, 0.2) is 54.6 Å². The van der Waals surface area contributed by atoms with Gasteiger partial charge in [-0.1, -0.05) is 54.6 Å². The summed E-state index contributed by atoms with van der Waals surface area (Å²) in [7, 11) is 0. The molecule has 0 bridgehead atoms. The summed E-state index contributed by atoms with van der Waals surface area (Å²) in [5.74, 6) is 0. The van der Waals surface area contributed by atoms with Crippen LogP contribution in [0, 0.1) is 0 Å². The summed E-state index contributed by atoms with van der Waals surface area (Å²) in [5, 5.41) is 0. The van der Waals surface area contributed by atoms with E-state index in [-0.39, 0.29) is 0 Å². The molecule has 0 unspecified atom stereocenters. The van der Waals surface area contributed by atoms with Crippen LogP contribution in [0.1, 0.15) is 5.56 Å². The Morgan fingerprint density at radius 2 is 1.53 bits per heavy atom. The van der Waals surface area contributed by atoms with Gasteiger partial charge in [0.25, 0.3) is 0 Å². The third-order valence-corrected chi connectivity index (χ3v) is 2.36. The van der Waals surface area contributed by atoms with Gasteiger partial charge >= 0.3 is 0 Å². The van der Waals surface area contributed by atoms with E-state index in [0.29, 0.717) is 6.42 Å². The van der Waals surface area contributed by atoms with Crippen LogP contribution in [0.5, 0.6) is 0 Å². The Kier molecular flexibility index (Phi) is 2.93. The summed E-state index contributed by atoms with van der Waals surface area (Å²) in [6.45, 7) is 0. The minimum Gasteiger partial charge on any atom is -0.291 e. The van der Waals surface area contributed by atoms with Crippen molar-refractivity contribution in [1.29, 1.82) is 0 Å². The molecule has 1 heteroatoms. The van der Waals surface area contributed by atoms with Gasteiger partial charge in [-0.25, -0.2) is 0 Å². The zero-order valence-electron chi connectivity index (χ0n) is 8.31.